The Hall–Kier alpha value is -1.79. The molecule has 0 radical (unpaired) electrons. The van der Waals surface area contributed by atoms with Gasteiger partial charge in [0.15, 0.2) is 5.84 Å². The highest BCUT2D eigenvalue weighted by atomic mass is 16.7. The van der Waals surface area contributed by atoms with E-state index in [1.165, 1.54) is 11.8 Å². The van der Waals surface area contributed by atoms with Gasteiger partial charge < -0.3 is 15.3 Å². The molecule has 0 spiro atoms. The molecule has 7 heteroatoms. The number of nitrogens with zero attached hydrogens (tertiary/aromatic N) is 2. The van der Waals surface area contributed by atoms with Gasteiger partial charge in [0.05, 0.1) is 6.04 Å². The van der Waals surface area contributed by atoms with E-state index >= 15 is 0 Å². The summed E-state index contributed by atoms with van der Waals surface area (Å²) < 4.78 is 5.30. The third kappa shape index (κ3) is 4.76. The smallest absolute Gasteiger partial charge is 0.410 e. The number of amides is 1. The lowest BCUT2D eigenvalue weighted by Crippen LogP contribution is -2.46. The largest absolute Gasteiger partial charge is 0.444 e. The summed E-state index contributed by atoms with van der Waals surface area (Å²) in [6.45, 7) is 7.18. The van der Waals surface area contributed by atoms with E-state index in [0.29, 0.717) is 13.0 Å². The van der Waals surface area contributed by atoms with Gasteiger partial charge in [-0.25, -0.2) is 9.59 Å². The van der Waals surface area contributed by atoms with Gasteiger partial charge in [-0.2, -0.15) is 0 Å². The molecule has 1 fully saturated rings. The van der Waals surface area contributed by atoms with Crippen LogP contribution in [0.15, 0.2) is 5.16 Å². The number of carbonyl (C=O) groups is 2. The third-order valence-electron chi connectivity index (χ3n) is 2.50. The minimum atomic E-state index is -0.563. The highest BCUT2D eigenvalue weighted by Crippen LogP contribution is 2.21. The second-order valence-corrected chi connectivity index (χ2v) is 5.43. The van der Waals surface area contributed by atoms with E-state index in [1.54, 1.807) is 20.8 Å². The van der Waals surface area contributed by atoms with Gasteiger partial charge in [-0.3, -0.25) is 4.90 Å². The first-order valence-corrected chi connectivity index (χ1v) is 6.21. The standard InChI is InChI=1S/C12H21N3O4/c1-8(16)19-14-10(13)9-6-5-7-15(9)11(17)18-12(2,3)4/h9H,5-7H2,1-4H3,(H2,13,14)/t9-/m0/s1. The molecule has 1 heterocycles. The highest BCUT2D eigenvalue weighted by molar-refractivity contribution is 5.89. The summed E-state index contributed by atoms with van der Waals surface area (Å²) in [5, 5.41) is 3.53. The van der Waals surface area contributed by atoms with Crippen molar-refractivity contribution < 1.29 is 19.2 Å². The first-order chi connectivity index (χ1) is 8.70. The lowest BCUT2D eigenvalue weighted by atomic mass is 10.2. The monoisotopic (exact) mass is 271 g/mol. The summed E-state index contributed by atoms with van der Waals surface area (Å²) in [4.78, 5) is 28.7. The van der Waals surface area contributed by atoms with Crippen LogP contribution in [0.5, 0.6) is 0 Å². The van der Waals surface area contributed by atoms with E-state index in [-0.39, 0.29) is 11.9 Å². The van der Waals surface area contributed by atoms with Gasteiger partial charge in [0.1, 0.15) is 5.60 Å². The topological polar surface area (TPSA) is 94.2 Å². The molecule has 1 rings (SSSR count). The molecule has 0 saturated carbocycles. The van der Waals surface area contributed by atoms with Crippen molar-refractivity contribution in [1.82, 2.24) is 4.90 Å². The zero-order chi connectivity index (χ0) is 14.6. The molecule has 7 nitrogen and oxygen atoms in total. The first kappa shape index (κ1) is 15.3. The molecule has 1 saturated heterocycles. The van der Waals surface area contributed by atoms with Crippen molar-refractivity contribution in [3.05, 3.63) is 0 Å². The van der Waals surface area contributed by atoms with Crippen LogP contribution in [0.2, 0.25) is 0 Å². The Morgan fingerprint density at radius 3 is 2.53 bits per heavy atom. The van der Waals surface area contributed by atoms with E-state index in [4.69, 9.17) is 10.5 Å². The second-order valence-electron chi connectivity index (χ2n) is 5.43. The fourth-order valence-corrected chi connectivity index (χ4v) is 1.79. The minimum absolute atomic E-state index is 0.110. The average molecular weight is 271 g/mol. The van der Waals surface area contributed by atoms with Gasteiger partial charge in [-0.1, -0.05) is 5.16 Å². The summed E-state index contributed by atoms with van der Waals surface area (Å²) in [5.41, 5.74) is 5.18. The molecule has 1 atom stereocenters. The van der Waals surface area contributed by atoms with Crippen molar-refractivity contribution in [2.75, 3.05) is 6.54 Å². The highest BCUT2D eigenvalue weighted by Gasteiger charge is 2.34. The van der Waals surface area contributed by atoms with E-state index in [2.05, 4.69) is 9.99 Å². The molecule has 1 amide bonds. The SMILES string of the molecule is CC(=O)ON=C(N)[C@@H]1CCCN1C(=O)OC(C)(C)C. The first-order valence-electron chi connectivity index (χ1n) is 6.21. The predicted octanol–water partition coefficient (Wildman–Crippen LogP) is 1.22. The minimum Gasteiger partial charge on any atom is -0.444 e. The summed E-state index contributed by atoms with van der Waals surface area (Å²) >= 11 is 0. The number of hydrogen-bond donors (Lipinski definition) is 1. The van der Waals surface area contributed by atoms with Crippen LogP contribution >= 0.6 is 0 Å². The average Bonchev–Trinajstić information content (AvgIpc) is 2.72. The number of hydrogen-bond acceptors (Lipinski definition) is 5. The molecule has 0 aromatic carbocycles. The van der Waals surface area contributed by atoms with Crippen LogP contribution in [-0.2, 0) is 14.4 Å². The molecule has 2 N–H and O–H groups in total. The zero-order valence-electron chi connectivity index (χ0n) is 11.8. The number of likely N-dealkylation sites (tertiary alicyclic amines) is 1. The van der Waals surface area contributed by atoms with Gasteiger partial charge in [-0.05, 0) is 33.6 Å². The maximum atomic E-state index is 12.0. The lowest BCUT2D eigenvalue weighted by Gasteiger charge is -2.27. The summed E-state index contributed by atoms with van der Waals surface area (Å²) in [7, 11) is 0. The van der Waals surface area contributed by atoms with E-state index < -0.39 is 17.7 Å². The van der Waals surface area contributed by atoms with Gasteiger partial charge in [0.2, 0.25) is 0 Å². The Balaban J connectivity index is 2.71. The van der Waals surface area contributed by atoms with Crippen molar-refractivity contribution in [2.45, 2.75) is 52.2 Å². The van der Waals surface area contributed by atoms with Crippen LogP contribution in [0, 0.1) is 0 Å². The van der Waals surface area contributed by atoms with Gasteiger partial charge in [-0.15, -0.1) is 0 Å². The third-order valence-corrected chi connectivity index (χ3v) is 2.50. The van der Waals surface area contributed by atoms with Crippen molar-refractivity contribution in [1.29, 1.82) is 0 Å². The molecule has 1 aliphatic rings. The summed E-state index contributed by atoms with van der Waals surface area (Å²) in [5.74, 6) is -0.441. The van der Waals surface area contributed by atoms with Crippen LogP contribution in [0.25, 0.3) is 0 Å². The van der Waals surface area contributed by atoms with Crippen molar-refractivity contribution in [2.24, 2.45) is 10.9 Å². The van der Waals surface area contributed by atoms with Crippen molar-refractivity contribution >= 4 is 17.9 Å². The van der Waals surface area contributed by atoms with Crippen LogP contribution < -0.4 is 5.73 Å². The molecule has 19 heavy (non-hydrogen) atoms. The number of rotatable bonds is 2. The van der Waals surface area contributed by atoms with Crippen LogP contribution in [0.4, 0.5) is 4.79 Å². The maximum absolute atomic E-state index is 12.0. The van der Waals surface area contributed by atoms with Crippen LogP contribution in [0.1, 0.15) is 40.5 Å². The normalized spacial score (nSPS) is 20.3. The number of oxime groups is 1. The zero-order valence-corrected chi connectivity index (χ0v) is 11.8. The van der Waals surface area contributed by atoms with E-state index in [1.807, 2.05) is 0 Å². The van der Waals surface area contributed by atoms with Gasteiger partial charge in [0, 0.05) is 13.5 Å². The Labute approximate surface area is 112 Å². The van der Waals surface area contributed by atoms with Crippen molar-refractivity contribution in [3.63, 3.8) is 0 Å². The molecule has 0 aromatic rings. The molecule has 108 valence electrons. The molecule has 0 bridgehead atoms. The second kappa shape index (κ2) is 5.90. The molecular weight excluding hydrogens is 250 g/mol. The van der Waals surface area contributed by atoms with Gasteiger partial charge >= 0.3 is 12.1 Å². The Morgan fingerprint density at radius 2 is 2.00 bits per heavy atom. The fourth-order valence-electron chi connectivity index (χ4n) is 1.79. The van der Waals surface area contributed by atoms with Crippen LogP contribution in [0.3, 0.4) is 0 Å². The van der Waals surface area contributed by atoms with Gasteiger partial charge in [0.25, 0.3) is 0 Å². The number of ether oxygens (including phenoxy) is 1. The summed E-state index contributed by atoms with van der Waals surface area (Å²) in [6, 6.07) is -0.380. The number of amidine groups is 1. The maximum Gasteiger partial charge on any atom is 0.410 e. The molecular formula is C12H21N3O4. The molecule has 0 unspecified atom stereocenters. The quantitative estimate of drug-likeness (QED) is 0.353. The fraction of sp³-hybridized carbons (Fsp3) is 0.750. The van der Waals surface area contributed by atoms with Crippen LogP contribution in [-0.4, -0.2) is 41.0 Å². The van der Waals surface area contributed by atoms with E-state index in [9.17, 15) is 9.59 Å². The Bertz CT molecular complexity index is 387. The summed E-state index contributed by atoms with van der Waals surface area (Å²) in [6.07, 6.45) is 1.05. The van der Waals surface area contributed by atoms with E-state index in [0.717, 1.165) is 6.42 Å². The predicted molar refractivity (Wildman–Crippen MR) is 69.4 cm³/mol. The molecule has 1 aliphatic heterocycles. The molecule has 0 aromatic heterocycles. The lowest BCUT2D eigenvalue weighted by molar-refractivity contribution is -0.141. The number of nitrogens with two attached hydrogens (primary N) is 1. The Kier molecular flexibility index (Phi) is 4.74. The van der Waals surface area contributed by atoms with Crippen molar-refractivity contribution in [3.8, 4) is 0 Å². The molecule has 0 aliphatic carbocycles. The number of carbonyl (C=O) groups excluding carboxylic acids is 2. The Morgan fingerprint density at radius 1 is 1.37 bits per heavy atom.